The van der Waals surface area contributed by atoms with Crippen LogP contribution in [0.4, 0.5) is 22.0 Å². The third-order valence-electron chi connectivity index (χ3n) is 1.68. The monoisotopic (exact) mass is 353 g/mol. The number of aromatic nitrogens is 1. The van der Waals surface area contributed by atoms with Gasteiger partial charge in [0.1, 0.15) is 5.69 Å². The van der Waals surface area contributed by atoms with Crippen LogP contribution in [-0.2, 0) is 6.18 Å². The fraction of sp³-hybridized carbons (Fsp3) is 0.375. The molecule has 0 aliphatic rings. The van der Waals surface area contributed by atoms with Crippen molar-refractivity contribution >= 4 is 22.6 Å². The smallest absolute Gasteiger partial charge is 0.433 e. The van der Waals surface area contributed by atoms with Gasteiger partial charge in [0.25, 0.3) is 6.43 Å². The van der Waals surface area contributed by atoms with Crippen molar-refractivity contribution < 1.29 is 26.7 Å². The summed E-state index contributed by atoms with van der Waals surface area (Å²) in [5.74, 6) is -0.700. The van der Waals surface area contributed by atoms with Crippen molar-refractivity contribution in [3.63, 3.8) is 0 Å². The minimum atomic E-state index is -4.69. The van der Waals surface area contributed by atoms with Crippen LogP contribution in [0.5, 0.6) is 5.88 Å². The van der Waals surface area contributed by atoms with Gasteiger partial charge < -0.3 is 4.74 Å². The molecule has 8 heteroatoms. The Morgan fingerprint density at radius 3 is 2.31 bits per heavy atom. The first-order chi connectivity index (χ1) is 7.27. The summed E-state index contributed by atoms with van der Waals surface area (Å²) in [6, 6.07) is 0.560. The average molecular weight is 353 g/mol. The first-order valence-corrected chi connectivity index (χ1v) is 4.95. The fourth-order valence-corrected chi connectivity index (χ4v) is 1.76. The highest BCUT2D eigenvalue weighted by atomic mass is 127. The van der Waals surface area contributed by atoms with Gasteiger partial charge in [0.05, 0.1) is 12.7 Å². The van der Waals surface area contributed by atoms with Gasteiger partial charge in [-0.1, -0.05) is 0 Å². The molecule has 0 spiro atoms. The number of hydrogen-bond donors (Lipinski definition) is 0. The van der Waals surface area contributed by atoms with Gasteiger partial charge in [0.2, 0.25) is 5.88 Å². The highest BCUT2D eigenvalue weighted by Gasteiger charge is 2.35. The molecule has 1 heterocycles. The summed E-state index contributed by atoms with van der Waals surface area (Å²) in [5.41, 5.74) is -1.88. The van der Waals surface area contributed by atoms with E-state index in [1.165, 1.54) is 22.6 Å². The normalized spacial score (nSPS) is 12.0. The molecule has 0 aromatic carbocycles. The Morgan fingerprint density at radius 1 is 1.38 bits per heavy atom. The van der Waals surface area contributed by atoms with Crippen molar-refractivity contribution in [2.75, 3.05) is 7.11 Å². The van der Waals surface area contributed by atoms with E-state index in [4.69, 9.17) is 0 Å². The van der Waals surface area contributed by atoms with Gasteiger partial charge in [-0.3, -0.25) is 0 Å². The third kappa shape index (κ3) is 2.71. The predicted octanol–water partition coefficient (Wildman–Crippen LogP) is 3.65. The molecule has 1 rings (SSSR count). The van der Waals surface area contributed by atoms with Crippen molar-refractivity contribution in [2.45, 2.75) is 12.6 Å². The van der Waals surface area contributed by atoms with Crippen LogP contribution in [0.2, 0.25) is 0 Å². The topological polar surface area (TPSA) is 22.1 Å². The molecule has 0 unspecified atom stereocenters. The number of pyridine rings is 1. The van der Waals surface area contributed by atoms with E-state index >= 15 is 0 Å². The molecular weight excluding hydrogens is 348 g/mol. The number of ether oxygens (including phenoxy) is 1. The van der Waals surface area contributed by atoms with E-state index in [1.807, 2.05) is 0 Å². The Balaban J connectivity index is 3.38. The highest BCUT2D eigenvalue weighted by molar-refractivity contribution is 14.1. The first kappa shape index (κ1) is 13.4. The molecule has 16 heavy (non-hydrogen) atoms. The molecule has 1 aromatic rings. The average Bonchev–Trinajstić information content (AvgIpc) is 2.14. The van der Waals surface area contributed by atoms with Gasteiger partial charge in [-0.2, -0.15) is 13.2 Å². The van der Waals surface area contributed by atoms with E-state index in [2.05, 4.69) is 9.72 Å². The van der Waals surface area contributed by atoms with Crippen LogP contribution in [0, 0.1) is 3.57 Å². The van der Waals surface area contributed by atoms with Crippen molar-refractivity contribution in [3.05, 3.63) is 20.9 Å². The lowest BCUT2D eigenvalue weighted by Crippen LogP contribution is -2.11. The van der Waals surface area contributed by atoms with Gasteiger partial charge in [0.15, 0.2) is 0 Å². The van der Waals surface area contributed by atoms with E-state index in [9.17, 15) is 22.0 Å². The number of halogens is 6. The number of hydrogen-bond acceptors (Lipinski definition) is 2. The first-order valence-electron chi connectivity index (χ1n) is 3.87. The summed E-state index contributed by atoms with van der Waals surface area (Å²) < 4.78 is 66.1. The number of methoxy groups -OCH3 is 1. The minimum absolute atomic E-state index is 0.230. The summed E-state index contributed by atoms with van der Waals surface area (Å²) in [6.45, 7) is 0. The van der Waals surface area contributed by atoms with E-state index < -0.39 is 29.7 Å². The molecule has 0 saturated heterocycles. The summed E-state index contributed by atoms with van der Waals surface area (Å²) in [6.07, 6.45) is -7.62. The zero-order valence-corrected chi connectivity index (χ0v) is 9.94. The Kier molecular flexibility index (Phi) is 3.92. The molecule has 0 fully saturated rings. The van der Waals surface area contributed by atoms with Gasteiger partial charge in [0, 0.05) is 3.57 Å². The lowest BCUT2D eigenvalue weighted by molar-refractivity contribution is -0.141. The van der Waals surface area contributed by atoms with Crippen LogP contribution in [-0.4, -0.2) is 12.1 Å². The molecule has 0 aliphatic carbocycles. The van der Waals surface area contributed by atoms with Crippen molar-refractivity contribution in [2.24, 2.45) is 0 Å². The second-order valence-corrected chi connectivity index (χ2v) is 3.87. The molecule has 0 N–H and O–H groups in total. The second kappa shape index (κ2) is 4.68. The highest BCUT2D eigenvalue weighted by Crippen LogP contribution is 2.36. The maximum Gasteiger partial charge on any atom is 0.433 e. The lowest BCUT2D eigenvalue weighted by atomic mass is 10.2. The second-order valence-electron chi connectivity index (χ2n) is 2.71. The standard InChI is InChI=1S/C8H5F5INO/c1-16-7-5(6(9)10)3(14)2-4(15-7)8(11,12)13/h2,6H,1H3. The SMILES string of the molecule is COc1nc(C(F)(F)F)cc(I)c1C(F)F. The van der Waals surface area contributed by atoms with E-state index in [0.29, 0.717) is 6.07 Å². The maximum absolute atomic E-state index is 12.5. The van der Waals surface area contributed by atoms with Crippen LogP contribution in [0.3, 0.4) is 0 Å². The van der Waals surface area contributed by atoms with Gasteiger partial charge in [-0.15, -0.1) is 0 Å². The maximum atomic E-state index is 12.5. The fourth-order valence-electron chi connectivity index (χ4n) is 1.00. The van der Waals surface area contributed by atoms with E-state index in [1.54, 1.807) is 0 Å². The van der Waals surface area contributed by atoms with Gasteiger partial charge in [-0.25, -0.2) is 13.8 Å². The molecule has 0 amide bonds. The van der Waals surface area contributed by atoms with Crippen molar-refractivity contribution in [1.29, 1.82) is 0 Å². The molecule has 0 aliphatic heterocycles. The molecule has 1 aromatic heterocycles. The third-order valence-corrected chi connectivity index (χ3v) is 2.57. The van der Waals surface area contributed by atoms with Crippen LogP contribution in [0.25, 0.3) is 0 Å². The zero-order valence-electron chi connectivity index (χ0n) is 7.78. The molecule has 90 valence electrons. The molecule has 0 bridgehead atoms. The molecule has 2 nitrogen and oxygen atoms in total. The summed E-state index contributed by atoms with van der Waals surface area (Å²) in [7, 11) is 0.991. The van der Waals surface area contributed by atoms with Crippen LogP contribution in [0.1, 0.15) is 17.7 Å². The zero-order chi connectivity index (χ0) is 12.5. The molecule has 0 saturated carbocycles. The summed E-state index contributed by atoms with van der Waals surface area (Å²) >= 11 is 1.39. The predicted molar refractivity (Wildman–Crippen MR) is 53.5 cm³/mol. The Bertz CT molecular complexity index is 393. The Morgan fingerprint density at radius 2 is 1.94 bits per heavy atom. The molecule has 0 radical (unpaired) electrons. The van der Waals surface area contributed by atoms with Crippen LogP contribution < -0.4 is 4.74 Å². The molecular formula is C8H5F5INO. The quantitative estimate of drug-likeness (QED) is 0.598. The van der Waals surface area contributed by atoms with Crippen LogP contribution in [0.15, 0.2) is 6.07 Å². The van der Waals surface area contributed by atoms with E-state index in [0.717, 1.165) is 7.11 Å². The number of rotatable bonds is 2. The van der Waals surface area contributed by atoms with E-state index in [-0.39, 0.29) is 3.57 Å². The van der Waals surface area contributed by atoms with Crippen molar-refractivity contribution in [3.8, 4) is 5.88 Å². The number of nitrogens with zero attached hydrogens (tertiary/aromatic N) is 1. The Labute approximate surface area is 101 Å². The Hall–Kier alpha value is -0.670. The molecule has 0 atom stereocenters. The van der Waals surface area contributed by atoms with Crippen molar-refractivity contribution in [1.82, 2.24) is 4.98 Å². The van der Waals surface area contributed by atoms with Gasteiger partial charge >= 0.3 is 6.18 Å². The minimum Gasteiger partial charge on any atom is -0.481 e. The lowest BCUT2D eigenvalue weighted by Gasteiger charge is -2.12. The van der Waals surface area contributed by atoms with Crippen LogP contribution >= 0.6 is 22.6 Å². The summed E-state index contributed by atoms with van der Waals surface area (Å²) in [4.78, 5) is 3.01. The number of alkyl halides is 5. The van der Waals surface area contributed by atoms with Gasteiger partial charge in [-0.05, 0) is 28.7 Å². The summed E-state index contributed by atoms with van der Waals surface area (Å²) in [5, 5.41) is 0. The largest absolute Gasteiger partial charge is 0.481 e.